The highest BCUT2D eigenvalue weighted by molar-refractivity contribution is 6.10. The predicted octanol–water partition coefficient (Wildman–Crippen LogP) is 6.03. The zero-order valence-corrected chi connectivity index (χ0v) is 24.8. The number of carbonyl (C=O) groups is 2. The van der Waals surface area contributed by atoms with E-state index in [1.54, 1.807) is 28.4 Å². The van der Waals surface area contributed by atoms with Crippen molar-refractivity contribution in [2.24, 2.45) is 0 Å². The average molecular weight is 569 g/mol. The molecule has 0 saturated carbocycles. The number of aryl methyl sites for hydroxylation is 1. The van der Waals surface area contributed by atoms with E-state index in [0.717, 1.165) is 28.1 Å². The second kappa shape index (κ2) is 12.0. The molecule has 5 rings (SSSR count). The fraction of sp³-hybridized carbons (Fsp3) is 0.294. The SMILES string of the molecule is COc1ccc([C@@H]2CC(=O)C3=C(C2)NC(C)=C(C(=O)Nc2ccccc2C)[C@H]3c2ccc(OC)c(OC)c2)cc1OC. The number of para-hydroxylation sites is 1. The van der Waals surface area contributed by atoms with Gasteiger partial charge in [0.15, 0.2) is 28.8 Å². The average Bonchev–Trinajstić information content (AvgIpc) is 3.00. The van der Waals surface area contributed by atoms with E-state index in [0.29, 0.717) is 52.7 Å². The van der Waals surface area contributed by atoms with Crippen LogP contribution in [0.2, 0.25) is 0 Å². The lowest BCUT2D eigenvalue weighted by Gasteiger charge is -2.37. The number of nitrogens with one attached hydrogen (secondary N) is 2. The molecule has 2 N–H and O–H groups in total. The van der Waals surface area contributed by atoms with E-state index in [2.05, 4.69) is 10.6 Å². The monoisotopic (exact) mass is 568 g/mol. The number of carbonyl (C=O) groups excluding carboxylic acids is 2. The van der Waals surface area contributed by atoms with Gasteiger partial charge in [-0.25, -0.2) is 0 Å². The summed E-state index contributed by atoms with van der Waals surface area (Å²) in [4.78, 5) is 28.0. The maximum Gasteiger partial charge on any atom is 0.254 e. The predicted molar refractivity (Wildman–Crippen MR) is 161 cm³/mol. The van der Waals surface area contributed by atoms with Crippen molar-refractivity contribution < 1.29 is 28.5 Å². The third-order valence-electron chi connectivity index (χ3n) is 8.09. The van der Waals surface area contributed by atoms with E-state index in [4.69, 9.17) is 18.9 Å². The van der Waals surface area contributed by atoms with E-state index in [-0.39, 0.29) is 17.6 Å². The van der Waals surface area contributed by atoms with E-state index in [9.17, 15) is 9.59 Å². The molecule has 0 bridgehead atoms. The molecule has 2 atom stereocenters. The number of Topliss-reactive ketones (excluding diaryl/α,β-unsaturated/α-hetero) is 1. The number of benzene rings is 3. The van der Waals surface area contributed by atoms with Crippen LogP contribution in [0.5, 0.6) is 23.0 Å². The van der Waals surface area contributed by atoms with Gasteiger partial charge in [-0.15, -0.1) is 0 Å². The standard InChI is InChI=1S/C34H36N2O6/c1-19-9-7-8-10-24(19)36-34(38)31-20(2)35-25-15-23(21-11-13-27(39-3)29(17-21)41-5)16-26(37)33(25)32(31)22-12-14-28(40-4)30(18-22)42-6/h7-14,17-18,23,32,35H,15-16H2,1-6H3,(H,36,38)/t23-,32+/m0/s1. The lowest BCUT2D eigenvalue weighted by molar-refractivity contribution is -0.116. The minimum absolute atomic E-state index is 0.0167. The number of methoxy groups -OCH3 is 4. The van der Waals surface area contributed by atoms with Crippen LogP contribution in [0.15, 0.2) is 83.2 Å². The van der Waals surface area contributed by atoms with Crippen LogP contribution in [0.25, 0.3) is 0 Å². The van der Waals surface area contributed by atoms with Gasteiger partial charge in [-0.3, -0.25) is 9.59 Å². The van der Waals surface area contributed by atoms with Crippen LogP contribution in [-0.2, 0) is 9.59 Å². The van der Waals surface area contributed by atoms with Gasteiger partial charge in [-0.2, -0.15) is 0 Å². The van der Waals surface area contributed by atoms with Crippen molar-refractivity contribution >= 4 is 17.4 Å². The molecule has 1 aliphatic heterocycles. The molecule has 1 aliphatic carbocycles. The maximum absolute atomic E-state index is 14.1. The summed E-state index contributed by atoms with van der Waals surface area (Å²) in [7, 11) is 6.34. The Kier molecular flexibility index (Phi) is 8.24. The van der Waals surface area contributed by atoms with Gasteiger partial charge < -0.3 is 29.6 Å². The van der Waals surface area contributed by atoms with Gasteiger partial charge in [-0.05, 0) is 73.2 Å². The number of hydrogen-bond acceptors (Lipinski definition) is 7. The molecule has 218 valence electrons. The van der Waals surface area contributed by atoms with Crippen molar-refractivity contribution in [1.29, 1.82) is 0 Å². The lowest BCUT2D eigenvalue weighted by Crippen LogP contribution is -2.37. The number of ether oxygens (including phenoxy) is 4. The van der Waals surface area contributed by atoms with Crippen molar-refractivity contribution in [3.05, 3.63) is 99.9 Å². The van der Waals surface area contributed by atoms with Crippen LogP contribution < -0.4 is 29.6 Å². The number of dihydropyridines is 1. The summed E-state index contributed by atoms with van der Waals surface area (Å²) in [6.45, 7) is 3.83. The van der Waals surface area contributed by atoms with Gasteiger partial charge in [0.2, 0.25) is 0 Å². The Morgan fingerprint density at radius 1 is 0.786 bits per heavy atom. The van der Waals surface area contributed by atoms with Crippen molar-refractivity contribution in [2.75, 3.05) is 33.8 Å². The number of amides is 1. The number of ketones is 1. The fourth-order valence-electron chi connectivity index (χ4n) is 5.95. The smallest absolute Gasteiger partial charge is 0.254 e. The molecule has 3 aromatic carbocycles. The van der Waals surface area contributed by atoms with E-state index >= 15 is 0 Å². The van der Waals surface area contributed by atoms with E-state index in [1.807, 2.05) is 74.5 Å². The van der Waals surface area contributed by atoms with Crippen molar-refractivity contribution in [1.82, 2.24) is 5.32 Å². The molecule has 0 unspecified atom stereocenters. The van der Waals surface area contributed by atoms with E-state index in [1.165, 1.54) is 0 Å². The highest BCUT2D eigenvalue weighted by Gasteiger charge is 2.41. The second-order valence-corrected chi connectivity index (χ2v) is 10.5. The molecule has 1 amide bonds. The zero-order chi connectivity index (χ0) is 30.0. The summed E-state index contributed by atoms with van der Waals surface area (Å²) >= 11 is 0. The Morgan fingerprint density at radius 3 is 2.00 bits per heavy atom. The van der Waals surface area contributed by atoms with Crippen LogP contribution in [0.1, 0.15) is 48.3 Å². The third-order valence-corrected chi connectivity index (χ3v) is 8.09. The molecular formula is C34H36N2O6. The van der Waals surface area contributed by atoms with Gasteiger partial charge >= 0.3 is 0 Å². The topological polar surface area (TPSA) is 95.1 Å². The van der Waals surface area contributed by atoms with Gasteiger partial charge in [-0.1, -0.05) is 30.3 Å². The highest BCUT2D eigenvalue weighted by atomic mass is 16.5. The van der Waals surface area contributed by atoms with E-state index < -0.39 is 5.92 Å². The lowest BCUT2D eigenvalue weighted by atomic mass is 9.71. The van der Waals surface area contributed by atoms with Crippen LogP contribution >= 0.6 is 0 Å². The van der Waals surface area contributed by atoms with Crippen LogP contribution in [-0.4, -0.2) is 40.1 Å². The first-order chi connectivity index (χ1) is 20.3. The summed E-state index contributed by atoms with van der Waals surface area (Å²) in [6, 6.07) is 18.9. The van der Waals surface area contributed by atoms with Crippen molar-refractivity contribution in [2.45, 2.75) is 38.5 Å². The minimum Gasteiger partial charge on any atom is -0.493 e. The molecule has 0 saturated heterocycles. The summed E-state index contributed by atoms with van der Waals surface area (Å²) in [5.74, 6) is 1.41. The Labute approximate surface area is 246 Å². The number of hydrogen-bond donors (Lipinski definition) is 2. The summed E-state index contributed by atoms with van der Waals surface area (Å²) in [5, 5.41) is 6.52. The maximum atomic E-state index is 14.1. The molecule has 0 fully saturated rings. The van der Waals surface area contributed by atoms with Crippen LogP contribution in [0.3, 0.4) is 0 Å². The first-order valence-corrected chi connectivity index (χ1v) is 13.8. The molecule has 42 heavy (non-hydrogen) atoms. The second-order valence-electron chi connectivity index (χ2n) is 10.5. The first kappa shape index (κ1) is 28.8. The molecule has 0 spiro atoms. The number of anilines is 1. The summed E-state index contributed by atoms with van der Waals surface area (Å²) < 4.78 is 22.0. The van der Waals surface area contributed by atoms with Gasteiger partial charge in [0.1, 0.15) is 0 Å². The van der Waals surface area contributed by atoms with Gasteiger partial charge in [0, 0.05) is 40.6 Å². The highest BCUT2D eigenvalue weighted by Crippen LogP contribution is 2.47. The Balaban J connectivity index is 1.59. The van der Waals surface area contributed by atoms with Crippen molar-refractivity contribution in [3.8, 4) is 23.0 Å². The number of allylic oxidation sites excluding steroid dienone is 3. The molecule has 2 aliphatic rings. The molecule has 3 aromatic rings. The molecule has 1 heterocycles. The zero-order valence-electron chi connectivity index (χ0n) is 24.8. The Bertz CT molecular complexity index is 1610. The summed E-state index contributed by atoms with van der Waals surface area (Å²) in [5.41, 5.74) is 6.02. The summed E-state index contributed by atoms with van der Waals surface area (Å²) in [6.07, 6.45) is 0.899. The van der Waals surface area contributed by atoms with Crippen LogP contribution in [0.4, 0.5) is 5.69 Å². The molecule has 8 heteroatoms. The molecule has 0 aromatic heterocycles. The first-order valence-electron chi connectivity index (χ1n) is 13.8. The Morgan fingerprint density at radius 2 is 1.38 bits per heavy atom. The third kappa shape index (κ3) is 5.32. The fourth-order valence-corrected chi connectivity index (χ4v) is 5.95. The minimum atomic E-state index is -0.594. The van der Waals surface area contributed by atoms with Crippen molar-refractivity contribution in [3.63, 3.8) is 0 Å². The van der Waals surface area contributed by atoms with Crippen LogP contribution in [0, 0.1) is 6.92 Å². The van der Waals surface area contributed by atoms with Gasteiger partial charge in [0.05, 0.1) is 28.4 Å². The normalized spacial score (nSPS) is 18.2. The quantitative estimate of drug-likeness (QED) is 0.343. The molecular weight excluding hydrogens is 532 g/mol. The molecule has 0 radical (unpaired) electrons. The molecule has 8 nitrogen and oxygen atoms in total. The van der Waals surface area contributed by atoms with Gasteiger partial charge in [0.25, 0.3) is 5.91 Å². The Hall–Kier alpha value is -4.72. The largest absolute Gasteiger partial charge is 0.493 e. The number of rotatable bonds is 8.